The molecule has 4 nitrogen and oxygen atoms in total. The van der Waals surface area contributed by atoms with Crippen LogP contribution in [0.4, 0.5) is 11.4 Å². The maximum atomic E-state index is 12.5. The maximum Gasteiger partial charge on any atom is 0.257 e. The summed E-state index contributed by atoms with van der Waals surface area (Å²) in [7, 11) is 2.03. The number of rotatable bonds is 6. The molecule has 1 aromatic heterocycles. The number of hydrogen-bond acceptors (Lipinski definition) is 3. The number of nitrogens with zero attached hydrogens (tertiary/aromatic N) is 2. The van der Waals surface area contributed by atoms with Crippen LogP contribution >= 0.6 is 0 Å². The summed E-state index contributed by atoms with van der Waals surface area (Å²) in [6, 6.07) is 7.91. The van der Waals surface area contributed by atoms with E-state index in [0.29, 0.717) is 5.56 Å². The van der Waals surface area contributed by atoms with Gasteiger partial charge in [0.15, 0.2) is 0 Å². The fourth-order valence-corrected chi connectivity index (χ4v) is 2.54. The van der Waals surface area contributed by atoms with E-state index in [2.05, 4.69) is 28.2 Å². The lowest BCUT2D eigenvalue weighted by Gasteiger charge is -2.19. The van der Waals surface area contributed by atoms with Gasteiger partial charge in [0.2, 0.25) is 0 Å². The van der Waals surface area contributed by atoms with Crippen LogP contribution in [0.3, 0.4) is 0 Å². The van der Waals surface area contributed by atoms with Crippen molar-refractivity contribution in [2.75, 3.05) is 23.8 Å². The second-order valence-corrected chi connectivity index (χ2v) is 6.04. The van der Waals surface area contributed by atoms with Crippen molar-refractivity contribution in [3.05, 3.63) is 53.3 Å². The van der Waals surface area contributed by atoms with Crippen LogP contribution in [0.2, 0.25) is 0 Å². The number of pyridine rings is 1. The van der Waals surface area contributed by atoms with Crippen LogP contribution in [-0.2, 0) is 0 Å². The van der Waals surface area contributed by atoms with Gasteiger partial charge in [-0.15, -0.1) is 0 Å². The molecule has 0 atom stereocenters. The van der Waals surface area contributed by atoms with Gasteiger partial charge in [0, 0.05) is 25.5 Å². The third-order valence-corrected chi connectivity index (χ3v) is 3.75. The highest BCUT2D eigenvalue weighted by molar-refractivity contribution is 6.04. The van der Waals surface area contributed by atoms with Crippen LogP contribution in [0.5, 0.6) is 0 Å². The number of carbonyl (C=O) groups is 1. The summed E-state index contributed by atoms with van der Waals surface area (Å²) in [4.78, 5) is 18.8. The number of nitrogens with one attached hydrogen (secondary N) is 1. The van der Waals surface area contributed by atoms with Gasteiger partial charge in [-0.3, -0.25) is 9.78 Å². The lowest BCUT2D eigenvalue weighted by atomic mass is 10.1. The predicted octanol–water partition coefficient (Wildman–Crippen LogP) is 4.19. The minimum Gasteiger partial charge on any atom is -0.373 e. The maximum absolute atomic E-state index is 12.5. The lowest BCUT2D eigenvalue weighted by Crippen LogP contribution is -2.20. The number of aromatic nitrogens is 1. The van der Waals surface area contributed by atoms with Gasteiger partial charge in [-0.25, -0.2) is 0 Å². The first-order chi connectivity index (χ1) is 11.0. The van der Waals surface area contributed by atoms with E-state index in [-0.39, 0.29) is 5.91 Å². The number of benzene rings is 1. The Hall–Kier alpha value is -2.36. The highest BCUT2D eigenvalue weighted by Gasteiger charge is 2.10. The van der Waals surface area contributed by atoms with E-state index in [9.17, 15) is 4.79 Å². The molecule has 2 aromatic rings. The summed E-state index contributed by atoms with van der Waals surface area (Å²) < 4.78 is 0. The molecule has 122 valence electrons. The molecule has 4 heteroatoms. The Morgan fingerprint density at radius 3 is 2.48 bits per heavy atom. The van der Waals surface area contributed by atoms with Gasteiger partial charge in [-0.05, 0) is 49.6 Å². The number of hydrogen-bond donors (Lipinski definition) is 1. The summed E-state index contributed by atoms with van der Waals surface area (Å²) >= 11 is 0. The van der Waals surface area contributed by atoms with E-state index in [1.807, 2.05) is 39.1 Å². The van der Waals surface area contributed by atoms with Gasteiger partial charge < -0.3 is 10.2 Å². The second kappa shape index (κ2) is 7.77. The number of carbonyl (C=O) groups excluding carboxylic acids is 1. The number of anilines is 2. The molecular formula is C19H25N3O. The second-order valence-electron chi connectivity index (χ2n) is 6.04. The van der Waals surface area contributed by atoms with Gasteiger partial charge >= 0.3 is 0 Å². The molecular weight excluding hydrogens is 286 g/mol. The molecule has 0 saturated carbocycles. The molecule has 0 unspecified atom stereocenters. The van der Waals surface area contributed by atoms with Gasteiger partial charge in [-0.1, -0.05) is 19.4 Å². The Morgan fingerprint density at radius 1 is 1.13 bits per heavy atom. The molecule has 1 aromatic carbocycles. The molecule has 0 aliphatic rings. The summed E-state index contributed by atoms with van der Waals surface area (Å²) in [5.41, 5.74) is 4.62. The zero-order valence-electron chi connectivity index (χ0n) is 14.4. The average molecular weight is 311 g/mol. The third kappa shape index (κ3) is 4.81. The number of unbranched alkanes of at least 4 members (excludes halogenated alkanes) is 1. The lowest BCUT2D eigenvalue weighted by molar-refractivity contribution is 0.102. The quantitative estimate of drug-likeness (QED) is 0.870. The Kier molecular flexibility index (Phi) is 5.74. The Bertz CT molecular complexity index is 662. The molecule has 0 bridgehead atoms. The molecule has 23 heavy (non-hydrogen) atoms. The molecule has 2 rings (SSSR count). The summed E-state index contributed by atoms with van der Waals surface area (Å²) in [6.07, 6.45) is 5.67. The van der Waals surface area contributed by atoms with E-state index < -0.39 is 0 Å². The van der Waals surface area contributed by atoms with E-state index >= 15 is 0 Å². The molecule has 0 fully saturated rings. The van der Waals surface area contributed by atoms with Crippen molar-refractivity contribution in [1.29, 1.82) is 0 Å². The largest absolute Gasteiger partial charge is 0.373 e. The molecule has 1 amide bonds. The van der Waals surface area contributed by atoms with Crippen molar-refractivity contribution in [3.8, 4) is 0 Å². The number of aryl methyl sites for hydroxylation is 2. The minimum absolute atomic E-state index is 0.131. The average Bonchev–Trinajstić information content (AvgIpc) is 2.51. The molecule has 0 aliphatic heterocycles. The Morgan fingerprint density at radius 2 is 1.83 bits per heavy atom. The normalized spacial score (nSPS) is 10.4. The zero-order chi connectivity index (χ0) is 16.8. The SMILES string of the molecule is CCCCN(C)c1cncc(C(=O)Nc2cc(C)cc(C)c2)c1. The van der Waals surface area contributed by atoms with Crippen LogP contribution < -0.4 is 10.2 Å². The van der Waals surface area contributed by atoms with E-state index in [4.69, 9.17) is 0 Å². The van der Waals surface area contributed by atoms with Crippen molar-refractivity contribution in [1.82, 2.24) is 4.98 Å². The number of amides is 1. The highest BCUT2D eigenvalue weighted by atomic mass is 16.1. The van der Waals surface area contributed by atoms with Crippen molar-refractivity contribution in [2.24, 2.45) is 0 Å². The van der Waals surface area contributed by atoms with Crippen LogP contribution in [0.1, 0.15) is 41.3 Å². The highest BCUT2D eigenvalue weighted by Crippen LogP contribution is 2.17. The Labute approximate surface area is 138 Å². The topological polar surface area (TPSA) is 45.2 Å². The first-order valence-electron chi connectivity index (χ1n) is 8.05. The van der Waals surface area contributed by atoms with E-state index in [1.54, 1.807) is 12.4 Å². The molecule has 1 N–H and O–H groups in total. The molecule has 0 saturated heterocycles. The summed E-state index contributed by atoms with van der Waals surface area (Å²) in [6.45, 7) is 7.17. The van der Waals surface area contributed by atoms with E-state index in [1.165, 1.54) is 0 Å². The minimum atomic E-state index is -0.131. The van der Waals surface area contributed by atoms with Crippen LogP contribution in [-0.4, -0.2) is 24.5 Å². The fourth-order valence-electron chi connectivity index (χ4n) is 2.54. The first kappa shape index (κ1) is 17.0. The summed E-state index contributed by atoms with van der Waals surface area (Å²) in [5.74, 6) is -0.131. The van der Waals surface area contributed by atoms with Crippen molar-refractivity contribution < 1.29 is 4.79 Å². The predicted molar refractivity (Wildman–Crippen MR) is 96.3 cm³/mol. The van der Waals surface area contributed by atoms with Gasteiger partial charge in [0.05, 0.1) is 17.4 Å². The van der Waals surface area contributed by atoms with Gasteiger partial charge in [0.25, 0.3) is 5.91 Å². The first-order valence-corrected chi connectivity index (χ1v) is 8.05. The van der Waals surface area contributed by atoms with Gasteiger partial charge in [0.1, 0.15) is 0 Å². The fraction of sp³-hybridized carbons (Fsp3) is 0.368. The smallest absolute Gasteiger partial charge is 0.257 e. The zero-order valence-corrected chi connectivity index (χ0v) is 14.4. The van der Waals surface area contributed by atoms with Crippen molar-refractivity contribution in [3.63, 3.8) is 0 Å². The molecule has 0 radical (unpaired) electrons. The third-order valence-electron chi connectivity index (χ3n) is 3.75. The summed E-state index contributed by atoms with van der Waals surface area (Å²) in [5, 5.41) is 2.95. The van der Waals surface area contributed by atoms with Crippen molar-refractivity contribution >= 4 is 17.3 Å². The van der Waals surface area contributed by atoms with Crippen LogP contribution in [0.25, 0.3) is 0 Å². The van der Waals surface area contributed by atoms with E-state index in [0.717, 1.165) is 41.9 Å². The van der Waals surface area contributed by atoms with Gasteiger partial charge in [-0.2, -0.15) is 0 Å². The molecule has 0 aliphatic carbocycles. The van der Waals surface area contributed by atoms with Crippen LogP contribution in [0, 0.1) is 13.8 Å². The molecule has 1 heterocycles. The Balaban J connectivity index is 2.13. The van der Waals surface area contributed by atoms with Crippen molar-refractivity contribution in [2.45, 2.75) is 33.6 Å². The monoisotopic (exact) mass is 311 g/mol. The standard InChI is InChI=1S/C19H25N3O/c1-5-6-7-22(4)18-11-16(12-20-13-18)19(23)21-17-9-14(2)8-15(3)10-17/h8-13H,5-7H2,1-4H3,(H,21,23). The van der Waals surface area contributed by atoms with Crippen LogP contribution in [0.15, 0.2) is 36.7 Å². The molecule has 0 spiro atoms.